The molecule has 0 aliphatic heterocycles. The van der Waals surface area contributed by atoms with Gasteiger partial charge in [0, 0.05) is 5.41 Å². The Hall–Kier alpha value is -1.71. The number of benzene rings is 2. The van der Waals surface area contributed by atoms with Crippen LogP contribution in [-0.4, -0.2) is 23.4 Å². The van der Waals surface area contributed by atoms with Crippen LogP contribution in [0.25, 0.3) is 0 Å². The molecule has 0 heterocycles. The summed E-state index contributed by atoms with van der Waals surface area (Å²) in [6.07, 6.45) is 0.396. The Morgan fingerprint density at radius 1 is 0.950 bits per heavy atom. The summed E-state index contributed by atoms with van der Waals surface area (Å²) in [6.45, 7) is 1.35. The monoisotopic (exact) mass is 274 g/mol. The molecule has 0 aromatic heterocycles. The predicted octanol–water partition coefficient (Wildman–Crippen LogP) is 2.60. The molecule has 0 fully saturated rings. The number of halogens is 1. The summed E-state index contributed by atoms with van der Waals surface area (Å²) in [5.74, 6) is -0.399. The van der Waals surface area contributed by atoms with Crippen molar-refractivity contribution in [3.8, 4) is 0 Å². The summed E-state index contributed by atoms with van der Waals surface area (Å²) < 4.78 is 14.0. The van der Waals surface area contributed by atoms with Crippen LogP contribution in [0, 0.1) is 12.7 Å². The zero-order valence-corrected chi connectivity index (χ0v) is 11.5. The van der Waals surface area contributed by atoms with E-state index in [-0.39, 0.29) is 13.2 Å². The second-order valence-corrected chi connectivity index (χ2v) is 5.18. The van der Waals surface area contributed by atoms with Crippen molar-refractivity contribution in [3.05, 3.63) is 71.0 Å². The minimum absolute atomic E-state index is 0.307. The minimum atomic E-state index is -1.00. The summed E-state index contributed by atoms with van der Waals surface area (Å²) in [5, 5.41) is 19.6. The van der Waals surface area contributed by atoms with Gasteiger partial charge in [0.15, 0.2) is 0 Å². The Morgan fingerprint density at radius 3 is 2.15 bits per heavy atom. The fourth-order valence-corrected chi connectivity index (χ4v) is 2.49. The smallest absolute Gasteiger partial charge is 0.127 e. The molecule has 0 unspecified atom stereocenters. The Bertz CT molecular complexity index is 577. The minimum Gasteiger partial charge on any atom is -0.395 e. The second kappa shape index (κ2) is 6.16. The summed E-state index contributed by atoms with van der Waals surface area (Å²) in [7, 11) is 0. The molecule has 106 valence electrons. The normalized spacial score (nSPS) is 11.6. The fraction of sp³-hybridized carbons (Fsp3) is 0.294. The van der Waals surface area contributed by atoms with E-state index in [1.165, 1.54) is 6.07 Å². The van der Waals surface area contributed by atoms with Gasteiger partial charge in [-0.05, 0) is 36.1 Å². The first kappa shape index (κ1) is 14.7. The van der Waals surface area contributed by atoms with E-state index in [1.54, 1.807) is 18.2 Å². The van der Waals surface area contributed by atoms with E-state index < -0.39 is 11.2 Å². The standard InChI is InChI=1S/C17H19FO2/c1-13-6-2-3-7-14(13)10-17(11-19,12-20)15-8-4-5-9-16(15)18/h2-9,19-20H,10-12H2,1H3. The first-order valence-electron chi connectivity index (χ1n) is 6.64. The third-order valence-electron chi connectivity index (χ3n) is 3.84. The van der Waals surface area contributed by atoms with Gasteiger partial charge in [-0.15, -0.1) is 0 Å². The molecule has 3 heteroatoms. The van der Waals surface area contributed by atoms with E-state index in [1.807, 2.05) is 31.2 Å². The van der Waals surface area contributed by atoms with Crippen molar-refractivity contribution in [2.24, 2.45) is 0 Å². The van der Waals surface area contributed by atoms with Gasteiger partial charge in [0.2, 0.25) is 0 Å². The van der Waals surface area contributed by atoms with Crippen molar-refractivity contribution in [1.29, 1.82) is 0 Å². The Morgan fingerprint density at radius 2 is 1.55 bits per heavy atom. The van der Waals surface area contributed by atoms with Crippen molar-refractivity contribution in [3.63, 3.8) is 0 Å². The molecule has 20 heavy (non-hydrogen) atoms. The van der Waals surface area contributed by atoms with Gasteiger partial charge in [0.25, 0.3) is 0 Å². The summed E-state index contributed by atoms with van der Waals surface area (Å²) >= 11 is 0. The summed E-state index contributed by atoms with van der Waals surface area (Å²) in [5.41, 5.74) is 1.42. The van der Waals surface area contributed by atoms with E-state index in [0.29, 0.717) is 12.0 Å². The molecule has 2 N–H and O–H groups in total. The average molecular weight is 274 g/mol. The maximum atomic E-state index is 14.0. The van der Waals surface area contributed by atoms with Crippen molar-refractivity contribution < 1.29 is 14.6 Å². The lowest BCUT2D eigenvalue weighted by Gasteiger charge is -2.31. The van der Waals surface area contributed by atoms with Crippen LogP contribution in [0.4, 0.5) is 4.39 Å². The lowest BCUT2D eigenvalue weighted by Crippen LogP contribution is -2.38. The van der Waals surface area contributed by atoms with Gasteiger partial charge in [-0.2, -0.15) is 0 Å². The van der Waals surface area contributed by atoms with Gasteiger partial charge in [-0.1, -0.05) is 42.5 Å². The first-order valence-corrected chi connectivity index (χ1v) is 6.64. The highest BCUT2D eigenvalue weighted by atomic mass is 19.1. The molecule has 0 spiro atoms. The number of aryl methyl sites for hydroxylation is 1. The quantitative estimate of drug-likeness (QED) is 0.880. The molecule has 2 aromatic rings. The third-order valence-corrected chi connectivity index (χ3v) is 3.84. The Kier molecular flexibility index (Phi) is 4.53. The van der Waals surface area contributed by atoms with E-state index in [4.69, 9.17) is 0 Å². The highest BCUT2D eigenvalue weighted by molar-refractivity contribution is 5.34. The van der Waals surface area contributed by atoms with E-state index in [9.17, 15) is 14.6 Å². The number of hydrogen-bond donors (Lipinski definition) is 2. The largest absolute Gasteiger partial charge is 0.395 e. The first-order chi connectivity index (χ1) is 9.63. The van der Waals surface area contributed by atoms with Crippen LogP contribution in [0.5, 0.6) is 0 Å². The number of aliphatic hydroxyl groups is 2. The molecule has 2 rings (SSSR count). The van der Waals surface area contributed by atoms with Gasteiger partial charge < -0.3 is 10.2 Å². The van der Waals surface area contributed by atoms with Gasteiger partial charge in [0.1, 0.15) is 5.82 Å². The van der Waals surface area contributed by atoms with Crippen LogP contribution in [-0.2, 0) is 11.8 Å². The van der Waals surface area contributed by atoms with Gasteiger partial charge >= 0.3 is 0 Å². The second-order valence-electron chi connectivity index (χ2n) is 5.18. The van der Waals surface area contributed by atoms with Crippen LogP contribution in [0.15, 0.2) is 48.5 Å². The van der Waals surface area contributed by atoms with Crippen LogP contribution in [0.3, 0.4) is 0 Å². The van der Waals surface area contributed by atoms with Crippen molar-refractivity contribution in [2.45, 2.75) is 18.8 Å². The number of aliphatic hydroxyl groups excluding tert-OH is 2. The SMILES string of the molecule is Cc1ccccc1CC(CO)(CO)c1ccccc1F. The summed E-state index contributed by atoms with van der Waals surface area (Å²) in [6, 6.07) is 14.0. The maximum Gasteiger partial charge on any atom is 0.127 e. The highest BCUT2D eigenvalue weighted by Gasteiger charge is 2.34. The van der Waals surface area contributed by atoms with Crippen LogP contribution >= 0.6 is 0 Å². The molecule has 0 amide bonds. The van der Waals surface area contributed by atoms with Gasteiger partial charge in [0.05, 0.1) is 13.2 Å². The maximum absolute atomic E-state index is 14.0. The van der Waals surface area contributed by atoms with E-state index in [0.717, 1.165) is 11.1 Å². The molecular weight excluding hydrogens is 255 g/mol. The topological polar surface area (TPSA) is 40.5 Å². The van der Waals surface area contributed by atoms with E-state index in [2.05, 4.69) is 0 Å². The average Bonchev–Trinajstić information content (AvgIpc) is 2.48. The van der Waals surface area contributed by atoms with Gasteiger partial charge in [-0.3, -0.25) is 0 Å². The molecular formula is C17H19FO2. The highest BCUT2D eigenvalue weighted by Crippen LogP contribution is 2.30. The molecule has 2 aromatic carbocycles. The summed E-state index contributed by atoms with van der Waals surface area (Å²) in [4.78, 5) is 0. The van der Waals surface area contributed by atoms with Crippen molar-refractivity contribution >= 4 is 0 Å². The number of hydrogen-bond acceptors (Lipinski definition) is 2. The predicted molar refractivity (Wildman–Crippen MR) is 77.1 cm³/mol. The zero-order valence-electron chi connectivity index (χ0n) is 11.5. The molecule has 0 radical (unpaired) electrons. The molecule has 0 aliphatic rings. The molecule has 0 aliphatic carbocycles. The number of rotatable bonds is 5. The van der Waals surface area contributed by atoms with Crippen LogP contribution < -0.4 is 0 Å². The molecule has 2 nitrogen and oxygen atoms in total. The molecule has 0 bridgehead atoms. The Balaban J connectivity index is 2.46. The zero-order chi connectivity index (χ0) is 14.6. The van der Waals surface area contributed by atoms with Gasteiger partial charge in [-0.25, -0.2) is 4.39 Å². The Labute approximate surface area is 118 Å². The van der Waals surface area contributed by atoms with Crippen molar-refractivity contribution in [1.82, 2.24) is 0 Å². The lowest BCUT2D eigenvalue weighted by atomic mass is 9.76. The molecule has 0 saturated carbocycles. The fourth-order valence-electron chi connectivity index (χ4n) is 2.49. The molecule has 0 saturated heterocycles. The van der Waals surface area contributed by atoms with Crippen LogP contribution in [0.2, 0.25) is 0 Å². The van der Waals surface area contributed by atoms with Crippen molar-refractivity contribution in [2.75, 3.05) is 13.2 Å². The molecule has 0 atom stereocenters. The lowest BCUT2D eigenvalue weighted by molar-refractivity contribution is 0.113. The van der Waals surface area contributed by atoms with E-state index >= 15 is 0 Å². The van der Waals surface area contributed by atoms with Crippen LogP contribution in [0.1, 0.15) is 16.7 Å². The third kappa shape index (κ3) is 2.74.